The summed E-state index contributed by atoms with van der Waals surface area (Å²) in [6, 6.07) is -0.483. The predicted octanol–water partition coefficient (Wildman–Crippen LogP) is 0.231. The van der Waals surface area contributed by atoms with Crippen LogP contribution in [0.1, 0.15) is 6.92 Å². The van der Waals surface area contributed by atoms with E-state index in [4.69, 9.17) is 5.73 Å². The number of urea groups is 1. The van der Waals surface area contributed by atoms with Gasteiger partial charge in [-0.15, -0.1) is 0 Å². The van der Waals surface area contributed by atoms with Crippen molar-refractivity contribution in [3.63, 3.8) is 0 Å². The lowest BCUT2D eigenvalue weighted by atomic mass is 10.5. The van der Waals surface area contributed by atoms with E-state index in [1.807, 2.05) is 19.1 Å². The Bertz CT molecular complexity index is 98.6. The quantitative estimate of drug-likeness (QED) is 0.496. The van der Waals surface area contributed by atoms with Gasteiger partial charge in [0, 0.05) is 6.54 Å². The Morgan fingerprint density at radius 3 is 2.88 bits per heavy atom. The van der Waals surface area contributed by atoms with Gasteiger partial charge >= 0.3 is 6.03 Å². The van der Waals surface area contributed by atoms with E-state index in [-0.39, 0.29) is 0 Å². The van der Waals surface area contributed by atoms with Gasteiger partial charge in [0.2, 0.25) is 0 Å². The molecule has 0 aliphatic heterocycles. The molecule has 0 fully saturated rings. The smallest absolute Gasteiger partial charge is 0.312 e. The lowest BCUT2D eigenvalue weighted by Gasteiger charge is -1.91. The average Bonchev–Trinajstić information content (AvgIpc) is 1.66. The van der Waals surface area contributed by atoms with E-state index in [0.717, 1.165) is 0 Å². The molecule has 0 saturated heterocycles. The molecule has 8 heavy (non-hydrogen) atoms. The molecule has 0 unspecified atom stereocenters. The number of primary amides is 1. The number of amides is 2. The molecule has 3 N–H and O–H groups in total. The lowest BCUT2D eigenvalue weighted by Crippen LogP contribution is -2.29. The summed E-state index contributed by atoms with van der Waals surface area (Å²) >= 11 is 0. The van der Waals surface area contributed by atoms with Crippen molar-refractivity contribution in [3.05, 3.63) is 12.2 Å². The van der Waals surface area contributed by atoms with Crippen LogP contribution < -0.4 is 11.1 Å². The van der Waals surface area contributed by atoms with Gasteiger partial charge in [0.05, 0.1) is 0 Å². The zero-order valence-electron chi connectivity index (χ0n) is 4.85. The highest BCUT2D eigenvalue weighted by Gasteiger charge is 1.82. The first kappa shape index (κ1) is 7.01. The van der Waals surface area contributed by atoms with Crippen LogP contribution in [-0.4, -0.2) is 12.6 Å². The van der Waals surface area contributed by atoms with Gasteiger partial charge in [-0.25, -0.2) is 4.79 Å². The fraction of sp³-hybridized carbons (Fsp3) is 0.400. The largest absolute Gasteiger partial charge is 0.352 e. The molecule has 0 aromatic carbocycles. The van der Waals surface area contributed by atoms with E-state index in [1.165, 1.54) is 0 Å². The van der Waals surface area contributed by atoms with Crippen LogP contribution in [0.15, 0.2) is 12.2 Å². The van der Waals surface area contributed by atoms with Gasteiger partial charge < -0.3 is 11.1 Å². The Morgan fingerprint density at radius 2 is 2.50 bits per heavy atom. The molecule has 0 atom stereocenters. The van der Waals surface area contributed by atoms with Gasteiger partial charge in [-0.1, -0.05) is 12.2 Å². The maximum absolute atomic E-state index is 9.95. The van der Waals surface area contributed by atoms with Gasteiger partial charge in [-0.05, 0) is 6.92 Å². The summed E-state index contributed by atoms with van der Waals surface area (Å²) in [5, 5.41) is 2.40. The number of allylic oxidation sites excluding steroid dienone is 1. The van der Waals surface area contributed by atoms with Crippen molar-refractivity contribution < 1.29 is 4.79 Å². The second kappa shape index (κ2) is 4.18. The highest BCUT2D eigenvalue weighted by atomic mass is 16.2. The van der Waals surface area contributed by atoms with E-state index < -0.39 is 6.03 Å². The topological polar surface area (TPSA) is 55.1 Å². The lowest BCUT2D eigenvalue weighted by molar-refractivity contribution is 0.250. The summed E-state index contributed by atoms with van der Waals surface area (Å²) in [6.45, 7) is 2.40. The van der Waals surface area contributed by atoms with Crippen molar-refractivity contribution in [2.75, 3.05) is 6.54 Å². The van der Waals surface area contributed by atoms with Crippen LogP contribution in [-0.2, 0) is 0 Å². The molecule has 3 nitrogen and oxygen atoms in total. The summed E-state index contributed by atoms with van der Waals surface area (Å²) in [4.78, 5) is 9.95. The Kier molecular flexibility index (Phi) is 3.66. The molecule has 0 saturated carbocycles. The first-order valence-corrected chi connectivity index (χ1v) is 2.42. The first-order chi connectivity index (χ1) is 3.77. The number of nitrogens with one attached hydrogen (secondary N) is 1. The highest BCUT2D eigenvalue weighted by molar-refractivity contribution is 5.71. The summed E-state index contributed by atoms with van der Waals surface area (Å²) in [6.07, 6.45) is 3.65. The molecule has 0 rings (SSSR count). The van der Waals surface area contributed by atoms with Crippen LogP contribution in [0.4, 0.5) is 4.79 Å². The molecule has 0 aliphatic rings. The molecule has 0 aromatic heterocycles. The summed E-state index contributed by atoms with van der Waals surface area (Å²) in [5.74, 6) is 0. The van der Waals surface area contributed by atoms with Crippen molar-refractivity contribution in [1.29, 1.82) is 0 Å². The van der Waals surface area contributed by atoms with E-state index in [2.05, 4.69) is 5.32 Å². The number of carbonyl (C=O) groups excluding carboxylic acids is 1. The zero-order valence-corrected chi connectivity index (χ0v) is 4.85. The van der Waals surface area contributed by atoms with Gasteiger partial charge in [-0.3, -0.25) is 0 Å². The molecule has 0 bridgehead atoms. The summed E-state index contributed by atoms with van der Waals surface area (Å²) in [5.41, 5.74) is 4.75. The number of carbonyl (C=O) groups is 1. The minimum Gasteiger partial charge on any atom is -0.352 e. The summed E-state index contributed by atoms with van der Waals surface area (Å²) in [7, 11) is 0. The molecule has 0 spiro atoms. The number of hydrogen-bond donors (Lipinski definition) is 2. The van der Waals surface area contributed by atoms with Crippen molar-refractivity contribution >= 4 is 6.03 Å². The van der Waals surface area contributed by atoms with Gasteiger partial charge in [0.15, 0.2) is 0 Å². The van der Waals surface area contributed by atoms with Crippen LogP contribution in [0.3, 0.4) is 0 Å². The van der Waals surface area contributed by atoms with Crippen LogP contribution in [0.2, 0.25) is 0 Å². The molecule has 3 heteroatoms. The van der Waals surface area contributed by atoms with Gasteiger partial charge in [0.1, 0.15) is 0 Å². The standard InChI is InChI=1S/C5H10N2O/c1-2-3-4-7-5(6)8/h2-3H,4H2,1H3,(H3,6,7,8)/b3-2-. The van der Waals surface area contributed by atoms with E-state index in [1.54, 1.807) is 0 Å². The third kappa shape index (κ3) is 5.01. The van der Waals surface area contributed by atoms with E-state index >= 15 is 0 Å². The van der Waals surface area contributed by atoms with E-state index in [9.17, 15) is 4.79 Å². The first-order valence-electron chi connectivity index (χ1n) is 2.42. The number of rotatable bonds is 2. The third-order valence-corrected chi connectivity index (χ3v) is 0.630. The monoisotopic (exact) mass is 114 g/mol. The fourth-order valence-electron chi connectivity index (χ4n) is 0.277. The maximum atomic E-state index is 9.95. The number of hydrogen-bond acceptors (Lipinski definition) is 1. The molecular weight excluding hydrogens is 104 g/mol. The Balaban J connectivity index is 3.05. The highest BCUT2D eigenvalue weighted by Crippen LogP contribution is 1.64. The van der Waals surface area contributed by atoms with Crippen molar-refractivity contribution in [1.82, 2.24) is 5.32 Å². The molecule has 0 heterocycles. The van der Waals surface area contributed by atoms with Gasteiger partial charge in [0.25, 0.3) is 0 Å². The average molecular weight is 114 g/mol. The second-order valence-corrected chi connectivity index (χ2v) is 1.31. The fourth-order valence-corrected chi connectivity index (χ4v) is 0.277. The zero-order chi connectivity index (χ0) is 6.41. The van der Waals surface area contributed by atoms with Gasteiger partial charge in [-0.2, -0.15) is 0 Å². The van der Waals surface area contributed by atoms with E-state index in [0.29, 0.717) is 6.54 Å². The minimum atomic E-state index is -0.483. The van der Waals surface area contributed by atoms with Crippen LogP contribution in [0, 0.1) is 0 Å². The molecule has 0 radical (unpaired) electrons. The molecule has 46 valence electrons. The SMILES string of the molecule is C/C=C\CNC(N)=O. The molecule has 0 aromatic rings. The van der Waals surface area contributed by atoms with Crippen LogP contribution in [0.5, 0.6) is 0 Å². The molecule has 0 aliphatic carbocycles. The minimum absolute atomic E-state index is 0.483. The Labute approximate surface area is 48.6 Å². The molecule has 2 amide bonds. The predicted molar refractivity (Wildman–Crippen MR) is 32.4 cm³/mol. The Hall–Kier alpha value is -0.990. The van der Waals surface area contributed by atoms with Crippen molar-refractivity contribution in [3.8, 4) is 0 Å². The van der Waals surface area contributed by atoms with Crippen LogP contribution in [0.25, 0.3) is 0 Å². The molecular formula is C5H10N2O. The Morgan fingerprint density at radius 1 is 1.88 bits per heavy atom. The summed E-state index contributed by atoms with van der Waals surface area (Å²) < 4.78 is 0. The van der Waals surface area contributed by atoms with Crippen molar-refractivity contribution in [2.45, 2.75) is 6.92 Å². The maximum Gasteiger partial charge on any atom is 0.312 e. The normalized spacial score (nSPS) is 9.62. The van der Waals surface area contributed by atoms with Crippen molar-refractivity contribution in [2.24, 2.45) is 5.73 Å². The third-order valence-electron chi connectivity index (χ3n) is 0.630. The number of nitrogens with two attached hydrogens (primary N) is 1. The van der Waals surface area contributed by atoms with Crippen LogP contribution >= 0.6 is 0 Å². The second-order valence-electron chi connectivity index (χ2n) is 1.31.